The van der Waals surface area contributed by atoms with Gasteiger partial charge in [0.2, 0.25) is 6.79 Å². The molecule has 0 unspecified atom stereocenters. The quantitative estimate of drug-likeness (QED) is 0.870. The Kier molecular flexibility index (Phi) is 5.00. The Balaban J connectivity index is 1.52. The number of halogens is 1. The number of carbonyl (C=O) groups is 1. The lowest BCUT2D eigenvalue weighted by atomic mass is 10.0. The first-order chi connectivity index (χ1) is 12.7. The predicted molar refractivity (Wildman–Crippen MR) is 99.9 cm³/mol. The number of ether oxygens (including phenoxy) is 2. The molecule has 1 saturated heterocycles. The van der Waals surface area contributed by atoms with Crippen LogP contribution in [0.1, 0.15) is 34.8 Å². The van der Waals surface area contributed by atoms with E-state index < -0.39 is 0 Å². The van der Waals surface area contributed by atoms with Crippen LogP contribution in [0.3, 0.4) is 0 Å². The van der Waals surface area contributed by atoms with E-state index in [1.54, 1.807) is 12.1 Å². The van der Waals surface area contributed by atoms with Crippen molar-refractivity contribution < 1.29 is 14.3 Å². The second-order valence-electron chi connectivity index (χ2n) is 6.56. The summed E-state index contributed by atoms with van der Waals surface area (Å²) in [4.78, 5) is 15.0. The van der Waals surface area contributed by atoms with Gasteiger partial charge < -0.3 is 14.8 Å². The molecule has 136 valence electrons. The molecule has 5 nitrogen and oxygen atoms in total. The van der Waals surface area contributed by atoms with Crippen LogP contribution >= 0.6 is 11.6 Å². The first-order valence-corrected chi connectivity index (χ1v) is 9.26. The van der Waals surface area contributed by atoms with E-state index in [9.17, 15) is 4.79 Å². The van der Waals surface area contributed by atoms with Crippen LogP contribution in [-0.2, 0) is 0 Å². The van der Waals surface area contributed by atoms with Crippen molar-refractivity contribution in [3.05, 3.63) is 58.6 Å². The van der Waals surface area contributed by atoms with Gasteiger partial charge in [0.15, 0.2) is 11.5 Å². The first kappa shape index (κ1) is 17.2. The van der Waals surface area contributed by atoms with Crippen molar-refractivity contribution in [2.75, 3.05) is 26.4 Å². The van der Waals surface area contributed by atoms with Gasteiger partial charge >= 0.3 is 0 Å². The molecular weight excluding hydrogens is 352 g/mol. The summed E-state index contributed by atoms with van der Waals surface area (Å²) in [5.41, 5.74) is 1.62. The molecule has 2 heterocycles. The van der Waals surface area contributed by atoms with Crippen LogP contribution in [0, 0.1) is 0 Å². The summed E-state index contributed by atoms with van der Waals surface area (Å²) in [6, 6.07) is 13.2. The molecule has 2 aliphatic rings. The van der Waals surface area contributed by atoms with Crippen LogP contribution in [0.2, 0.25) is 5.02 Å². The zero-order valence-corrected chi connectivity index (χ0v) is 15.2. The van der Waals surface area contributed by atoms with Crippen molar-refractivity contribution in [2.24, 2.45) is 0 Å². The highest BCUT2D eigenvalue weighted by atomic mass is 35.5. The minimum absolute atomic E-state index is 0.0958. The summed E-state index contributed by atoms with van der Waals surface area (Å²) in [6.07, 6.45) is 2.36. The van der Waals surface area contributed by atoms with Crippen LogP contribution < -0.4 is 14.8 Å². The molecule has 1 amide bonds. The number of fused-ring (bicyclic) bond motifs is 1. The molecule has 0 spiro atoms. The molecule has 0 saturated carbocycles. The first-order valence-electron chi connectivity index (χ1n) is 8.89. The Labute approximate surface area is 157 Å². The van der Waals surface area contributed by atoms with Gasteiger partial charge in [-0.15, -0.1) is 0 Å². The van der Waals surface area contributed by atoms with Crippen LogP contribution in [0.5, 0.6) is 11.5 Å². The van der Waals surface area contributed by atoms with Crippen LogP contribution in [0.4, 0.5) is 0 Å². The highest BCUT2D eigenvalue weighted by molar-refractivity contribution is 6.33. The molecule has 2 aromatic carbocycles. The van der Waals surface area contributed by atoms with Crippen molar-refractivity contribution in [3.63, 3.8) is 0 Å². The van der Waals surface area contributed by atoms with E-state index in [1.165, 1.54) is 12.8 Å². The van der Waals surface area contributed by atoms with Gasteiger partial charge in [-0.2, -0.15) is 0 Å². The Morgan fingerprint density at radius 3 is 2.69 bits per heavy atom. The van der Waals surface area contributed by atoms with Crippen molar-refractivity contribution >= 4 is 17.5 Å². The van der Waals surface area contributed by atoms with Crippen molar-refractivity contribution in [2.45, 2.75) is 18.9 Å². The topological polar surface area (TPSA) is 50.8 Å². The third kappa shape index (κ3) is 3.50. The van der Waals surface area contributed by atoms with Gasteiger partial charge in [-0.25, -0.2) is 0 Å². The normalized spacial score (nSPS) is 17.3. The van der Waals surface area contributed by atoms with Gasteiger partial charge in [0.25, 0.3) is 5.91 Å². The Morgan fingerprint density at radius 1 is 1.12 bits per heavy atom. The molecule has 0 aromatic heterocycles. The molecule has 1 fully saturated rings. The van der Waals surface area contributed by atoms with E-state index in [1.807, 2.05) is 24.3 Å². The van der Waals surface area contributed by atoms with Gasteiger partial charge in [0.05, 0.1) is 16.6 Å². The minimum atomic E-state index is -0.152. The number of hydrogen-bond acceptors (Lipinski definition) is 4. The van der Waals surface area contributed by atoms with Gasteiger partial charge in [-0.1, -0.05) is 29.8 Å². The van der Waals surface area contributed by atoms with Crippen molar-refractivity contribution in [3.8, 4) is 11.5 Å². The largest absolute Gasteiger partial charge is 0.454 e. The second-order valence-corrected chi connectivity index (χ2v) is 6.97. The fraction of sp³-hybridized carbons (Fsp3) is 0.350. The number of hydrogen-bond donors (Lipinski definition) is 1. The SMILES string of the molecule is O=C(NC[C@H](c1ccc2c(c1)OCO2)N1CCCC1)c1ccccc1Cl. The molecule has 26 heavy (non-hydrogen) atoms. The Bertz CT molecular complexity index is 805. The summed E-state index contributed by atoms with van der Waals surface area (Å²) < 4.78 is 10.9. The summed E-state index contributed by atoms with van der Waals surface area (Å²) in [5, 5.41) is 3.51. The number of carbonyl (C=O) groups excluding carboxylic acids is 1. The molecule has 0 bridgehead atoms. The average Bonchev–Trinajstić information content (AvgIpc) is 3.33. The number of benzene rings is 2. The van der Waals surface area contributed by atoms with Gasteiger partial charge in [-0.3, -0.25) is 9.69 Å². The summed E-state index contributed by atoms with van der Waals surface area (Å²) in [6.45, 7) is 2.84. The van der Waals surface area contributed by atoms with E-state index >= 15 is 0 Å². The number of rotatable bonds is 5. The van der Waals surface area contributed by atoms with Crippen LogP contribution in [0.15, 0.2) is 42.5 Å². The lowest BCUT2D eigenvalue weighted by molar-refractivity contribution is 0.0938. The molecular formula is C20H21ClN2O3. The molecule has 1 N–H and O–H groups in total. The van der Waals surface area contributed by atoms with E-state index in [0.29, 0.717) is 17.1 Å². The van der Waals surface area contributed by atoms with Gasteiger partial charge in [0.1, 0.15) is 0 Å². The predicted octanol–water partition coefficient (Wildman–Crippen LogP) is 3.64. The van der Waals surface area contributed by atoms with Crippen molar-refractivity contribution in [1.82, 2.24) is 10.2 Å². The standard InChI is InChI=1S/C20H21ClN2O3/c21-16-6-2-1-5-15(16)20(24)22-12-17(23-9-3-4-10-23)14-7-8-18-19(11-14)26-13-25-18/h1-2,5-8,11,17H,3-4,9-10,12-13H2,(H,22,24)/t17-/m1/s1. The number of nitrogens with one attached hydrogen (secondary N) is 1. The molecule has 0 aliphatic carbocycles. The third-order valence-electron chi connectivity index (χ3n) is 4.94. The molecule has 0 radical (unpaired) electrons. The molecule has 4 rings (SSSR count). The lowest BCUT2D eigenvalue weighted by Gasteiger charge is -2.28. The van der Waals surface area contributed by atoms with E-state index in [0.717, 1.165) is 30.2 Å². The number of nitrogens with zero attached hydrogens (tertiary/aromatic N) is 1. The second kappa shape index (κ2) is 7.56. The fourth-order valence-electron chi connectivity index (χ4n) is 3.56. The Morgan fingerprint density at radius 2 is 1.88 bits per heavy atom. The molecule has 2 aromatic rings. The summed E-state index contributed by atoms with van der Waals surface area (Å²) in [7, 11) is 0. The minimum Gasteiger partial charge on any atom is -0.454 e. The maximum atomic E-state index is 12.5. The van der Waals surface area contributed by atoms with E-state index in [-0.39, 0.29) is 18.7 Å². The molecule has 1 atom stereocenters. The highest BCUT2D eigenvalue weighted by Gasteiger charge is 2.26. The zero-order chi connectivity index (χ0) is 17.9. The summed E-state index contributed by atoms with van der Waals surface area (Å²) >= 11 is 6.14. The fourth-order valence-corrected chi connectivity index (χ4v) is 3.78. The average molecular weight is 373 g/mol. The summed E-state index contributed by atoms with van der Waals surface area (Å²) in [5.74, 6) is 1.39. The zero-order valence-electron chi connectivity index (χ0n) is 14.4. The smallest absolute Gasteiger partial charge is 0.252 e. The maximum absolute atomic E-state index is 12.5. The van der Waals surface area contributed by atoms with Crippen LogP contribution in [0.25, 0.3) is 0 Å². The number of amides is 1. The molecule has 2 aliphatic heterocycles. The van der Waals surface area contributed by atoms with Crippen molar-refractivity contribution in [1.29, 1.82) is 0 Å². The van der Waals surface area contributed by atoms with Crippen LogP contribution in [-0.4, -0.2) is 37.2 Å². The third-order valence-corrected chi connectivity index (χ3v) is 5.27. The van der Waals surface area contributed by atoms with E-state index in [2.05, 4.69) is 16.3 Å². The highest BCUT2D eigenvalue weighted by Crippen LogP contribution is 2.36. The van der Waals surface area contributed by atoms with E-state index in [4.69, 9.17) is 21.1 Å². The Hall–Kier alpha value is -2.24. The monoisotopic (exact) mass is 372 g/mol. The van der Waals surface area contributed by atoms with Gasteiger partial charge in [0, 0.05) is 6.54 Å². The van der Waals surface area contributed by atoms with Gasteiger partial charge in [-0.05, 0) is 55.8 Å². The lowest BCUT2D eigenvalue weighted by Crippen LogP contribution is -2.36. The molecule has 6 heteroatoms. The maximum Gasteiger partial charge on any atom is 0.252 e. The number of likely N-dealkylation sites (tertiary alicyclic amines) is 1.